The molecule has 4 nitrogen and oxygen atoms in total. The fourth-order valence-electron chi connectivity index (χ4n) is 1.85. The molecule has 1 rings (SSSR count). The first-order chi connectivity index (χ1) is 7.04. The minimum Gasteiger partial charge on any atom is -0.481 e. The molecule has 0 aliphatic heterocycles. The molecule has 84 valence electrons. The van der Waals surface area contributed by atoms with Gasteiger partial charge >= 0.3 is 5.97 Å². The molecular weight excluding hydrogens is 194 g/mol. The van der Waals surface area contributed by atoms with Crippen molar-refractivity contribution < 1.29 is 14.7 Å². The van der Waals surface area contributed by atoms with Crippen LogP contribution in [-0.2, 0) is 9.59 Å². The summed E-state index contributed by atoms with van der Waals surface area (Å²) in [4.78, 5) is 22.3. The molecule has 1 saturated carbocycles. The quantitative estimate of drug-likeness (QED) is 0.686. The number of carboxylic acid groups (broad SMARTS) is 1. The van der Waals surface area contributed by atoms with Crippen molar-refractivity contribution in [3.63, 3.8) is 0 Å². The van der Waals surface area contributed by atoms with Crippen LogP contribution in [-0.4, -0.2) is 23.0 Å². The first-order valence-corrected chi connectivity index (χ1v) is 5.20. The third-order valence-corrected chi connectivity index (χ3v) is 2.88. The van der Waals surface area contributed by atoms with Crippen LogP contribution >= 0.6 is 0 Å². The van der Waals surface area contributed by atoms with Crippen LogP contribution in [0.2, 0.25) is 0 Å². The standard InChI is InChI=1S/C11H17NO3/c1-3-7(2)12-10(13)8-4-5-9(6-8)11(14)15/h3,7-9H,1,4-6H2,2H3,(H,12,13)(H,14,15). The highest BCUT2D eigenvalue weighted by Crippen LogP contribution is 2.31. The summed E-state index contributed by atoms with van der Waals surface area (Å²) in [7, 11) is 0. The summed E-state index contributed by atoms with van der Waals surface area (Å²) in [5.41, 5.74) is 0. The Labute approximate surface area is 89.4 Å². The summed E-state index contributed by atoms with van der Waals surface area (Å²) < 4.78 is 0. The molecule has 2 N–H and O–H groups in total. The van der Waals surface area contributed by atoms with Crippen LogP contribution in [0.5, 0.6) is 0 Å². The van der Waals surface area contributed by atoms with E-state index in [0.29, 0.717) is 19.3 Å². The monoisotopic (exact) mass is 211 g/mol. The van der Waals surface area contributed by atoms with Crippen molar-refractivity contribution in [2.24, 2.45) is 11.8 Å². The molecule has 3 atom stereocenters. The van der Waals surface area contributed by atoms with Crippen molar-refractivity contribution >= 4 is 11.9 Å². The second-order valence-electron chi connectivity index (χ2n) is 4.08. The second-order valence-corrected chi connectivity index (χ2v) is 4.08. The van der Waals surface area contributed by atoms with Crippen molar-refractivity contribution in [2.45, 2.75) is 32.2 Å². The van der Waals surface area contributed by atoms with Crippen LogP contribution in [0.15, 0.2) is 12.7 Å². The zero-order valence-corrected chi connectivity index (χ0v) is 8.90. The van der Waals surface area contributed by atoms with Crippen molar-refractivity contribution in [3.8, 4) is 0 Å². The number of aliphatic carboxylic acids is 1. The molecule has 1 fully saturated rings. The van der Waals surface area contributed by atoms with E-state index in [1.54, 1.807) is 6.08 Å². The lowest BCUT2D eigenvalue weighted by Crippen LogP contribution is -2.35. The third kappa shape index (κ3) is 3.08. The van der Waals surface area contributed by atoms with Gasteiger partial charge in [-0.2, -0.15) is 0 Å². The van der Waals surface area contributed by atoms with E-state index in [-0.39, 0.29) is 23.8 Å². The molecule has 0 radical (unpaired) electrons. The molecule has 0 saturated heterocycles. The SMILES string of the molecule is C=CC(C)NC(=O)C1CCC(C(=O)O)C1. The van der Waals surface area contributed by atoms with Gasteiger partial charge < -0.3 is 10.4 Å². The van der Waals surface area contributed by atoms with Gasteiger partial charge in [-0.15, -0.1) is 6.58 Å². The maximum absolute atomic E-state index is 11.6. The number of amides is 1. The first kappa shape index (κ1) is 11.8. The summed E-state index contributed by atoms with van der Waals surface area (Å²) in [6.45, 7) is 5.42. The Kier molecular flexibility index (Phi) is 3.88. The second kappa shape index (κ2) is 4.96. The van der Waals surface area contributed by atoms with Crippen LogP contribution < -0.4 is 5.32 Å². The first-order valence-electron chi connectivity index (χ1n) is 5.20. The largest absolute Gasteiger partial charge is 0.481 e. The Balaban J connectivity index is 2.43. The van der Waals surface area contributed by atoms with Gasteiger partial charge in [0, 0.05) is 12.0 Å². The van der Waals surface area contributed by atoms with Gasteiger partial charge in [0.15, 0.2) is 0 Å². The molecule has 0 aromatic rings. The van der Waals surface area contributed by atoms with Gasteiger partial charge in [0.2, 0.25) is 5.91 Å². The van der Waals surface area contributed by atoms with E-state index in [1.807, 2.05) is 6.92 Å². The molecule has 0 aromatic heterocycles. The van der Waals surface area contributed by atoms with Crippen molar-refractivity contribution in [1.82, 2.24) is 5.32 Å². The van der Waals surface area contributed by atoms with Gasteiger partial charge in [-0.3, -0.25) is 9.59 Å². The van der Waals surface area contributed by atoms with Crippen molar-refractivity contribution in [2.75, 3.05) is 0 Å². The minimum atomic E-state index is -0.790. The highest BCUT2D eigenvalue weighted by molar-refractivity contribution is 5.81. The number of hydrogen-bond acceptors (Lipinski definition) is 2. The van der Waals surface area contributed by atoms with Crippen LogP contribution in [0.3, 0.4) is 0 Å². The Bertz CT molecular complexity index is 275. The summed E-state index contributed by atoms with van der Waals surface area (Å²) in [5, 5.41) is 11.6. The summed E-state index contributed by atoms with van der Waals surface area (Å²) >= 11 is 0. The average Bonchev–Trinajstić information content (AvgIpc) is 2.66. The molecule has 1 amide bonds. The van der Waals surface area contributed by atoms with E-state index in [1.165, 1.54) is 0 Å². The van der Waals surface area contributed by atoms with E-state index in [4.69, 9.17) is 5.11 Å². The molecule has 1 aliphatic carbocycles. The maximum Gasteiger partial charge on any atom is 0.306 e. The van der Waals surface area contributed by atoms with Crippen LogP contribution in [0, 0.1) is 11.8 Å². The number of carboxylic acids is 1. The molecule has 4 heteroatoms. The van der Waals surface area contributed by atoms with Gasteiger partial charge in [-0.25, -0.2) is 0 Å². The summed E-state index contributed by atoms with van der Waals surface area (Å²) in [6.07, 6.45) is 3.40. The molecule has 0 aromatic carbocycles. The molecule has 3 unspecified atom stereocenters. The van der Waals surface area contributed by atoms with E-state index in [9.17, 15) is 9.59 Å². The topological polar surface area (TPSA) is 66.4 Å². The fraction of sp³-hybridized carbons (Fsp3) is 0.636. The van der Waals surface area contributed by atoms with Gasteiger partial charge in [-0.05, 0) is 26.2 Å². The Morgan fingerprint density at radius 3 is 2.53 bits per heavy atom. The van der Waals surface area contributed by atoms with Gasteiger partial charge in [0.1, 0.15) is 0 Å². The van der Waals surface area contributed by atoms with Gasteiger partial charge in [-0.1, -0.05) is 6.08 Å². The predicted molar refractivity (Wildman–Crippen MR) is 56.3 cm³/mol. The van der Waals surface area contributed by atoms with E-state index >= 15 is 0 Å². The smallest absolute Gasteiger partial charge is 0.306 e. The van der Waals surface area contributed by atoms with E-state index in [0.717, 1.165) is 0 Å². The molecule has 1 aliphatic rings. The molecule has 0 bridgehead atoms. The minimum absolute atomic E-state index is 0.0499. The van der Waals surface area contributed by atoms with Crippen LogP contribution in [0.4, 0.5) is 0 Å². The fourth-order valence-corrected chi connectivity index (χ4v) is 1.85. The lowest BCUT2D eigenvalue weighted by Gasteiger charge is -2.13. The van der Waals surface area contributed by atoms with E-state index in [2.05, 4.69) is 11.9 Å². The molecule has 0 spiro atoms. The Morgan fingerprint density at radius 2 is 2.07 bits per heavy atom. The predicted octanol–water partition coefficient (Wildman–Crippen LogP) is 1.18. The number of rotatable bonds is 4. The lowest BCUT2D eigenvalue weighted by molar-refractivity contribution is -0.141. The Morgan fingerprint density at radius 1 is 1.47 bits per heavy atom. The highest BCUT2D eigenvalue weighted by Gasteiger charge is 2.33. The number of carbonyl (C=O) groups excluding carboxylic acids is 1. The third-order valence-electron chi connectivity index (χ3n) is 2.88. The zero-order chi connectivity index (χ0) is 11.4. The van der Waals surface area contributed by atoms with Gasteiger partial charge in [0.05, 0.1) is 5.92 Å². The van der Waals surface area contributed by atoms with Crippen LogP contribution in [0.1, 0.15) is 26.2 Å². The normalized spacial score (nSPS) is 27.0. The molecular formula is C11H17NO3. The summed E-state index contributed by atoms with van der Waals surface area (Å²) in [6, 6.07) is -0.0543. The number of carbonyl (C=O) groups is 2. The van der Waals surface area contributed by atoms with E-state index < -0.39 is 5.97 Å². The zero-order valence-electron chi connectivity index (χ0n) is 8.90. The highest BCUT2D eigenvalue weighted by atomic mass is 16.4. The number of hydrogen-bond donors (Lipinski definition) is 2. The van der Waals surface area contributed by atoms with Gasteiger partial charge in [0.25, 0.3) is 0 Å². The van der Waals surface area contributed by atoms with Crippen molar-refractivity contribution in [1.29, 1.82) is 0 Å². The van der Waals surface area contributed by atoms with Crippen LogP contribution in [0.25, 0.3) is 0 Å². The average molecular weight is 211 g/mol. The summed E-state index contributed by atoms with van der Waals surface area (Å²) in [5.74, 6) is -1.33. The number of nitrogens with one attached hydrogen (secondary N) is 1. The molecule has 0 heterocycles. The maximum atomic E-state index is 11.6. The van der Waals surface area contributed by atoms with Crippen molar-refractivity contribution in [3.05, 3.63) is 12.7 Å². The molecule has 15 heavy (non-hydrogen) atoms. The lowest BCUT2D eigenvalue weighted by atomic mass is 10.0. The Hall–Kier alpha value is -1.32.